The molecule has 0 atom stereocenters. The first-order chi connectivity index (χ1) is 6.04. The molecule has 0 aromatic heterocycles. The fourth-order valence-corrected chi connectivity index (χ4v) is 0.854. The first-order valence-electron chi connectivity index (χ1n) is 3.15. The van der Waals surface area contributed by atoms with Gasteiger partial charge in [0.25, 0.3) is 0 Å². The van der Waals surface area contributed by atoms with E-state index < -0.39 is 27.0 Å². The fraction of sp³-hybridized carbons (Fsp3) is 0. The monoisotopic (exact) mass is 394 g/mol. The van der Waals surface area contributed by atoms with Crippen molar-refractivity contribution in [3.63, 3.8) is 0 Å². The number of aromatic hydroxyl groups is 1. The number of rotatable bonds is 2. The Hall–Kier alpha value is -1.26. The van der Waals surface area contributed by atoms with Crippen LogP contribution in [0.5, 0.6) is 5.75 Å². The third-order valence-electron chi connectivity index (χ3n) is 1.37. The Balaban J connectivity index is 0.00000169. The van der Waals surface area contributed by atoms with Gasteiger partial charge in [-0.15, -0.1) is 0 Å². The van der Waals surface area contributed by atoms with Crippen LogP contribution in [0.1, 0.15) is 0 Å². The zero-order valence-corrected chi connectivity index (χ0v) is 12.4. The van der Waals surface area contributed by atoms with Gasteiger partial charge in [-0.3, -0.25) is 20.2 Å². The predicted molar refractivity (Wildman–Crippen MR) is 50.0 cm³/mol. The molecule has 0 saturated carbocycles. The molecular weight excluding hydrogens is 387 g/mol. The molecule has 0 unspecified atom stereocenters. The van der Waals surface area contributed by atoms with Gasteiger partial charge >= 0.3 is 38.7 Å². The Morgan fingerprint density at radius 2 is 1.71 bits per heavy atom. The third-order valence-corrected chi connectivity index (χ3v) is 1.37. The van der Waals surface area contributed by atoms with Crippen molar-refractivity contribution in [2.45, 2.75) is 0 Å². The van der Waals surface area contributed by atoms with E-state index in [2.05, 4.69) is 0 Å². The molecule has 0 bridgehead atoms. The summed E-state index contributed by atoms with van der Waals surface area (Å²) in [6.07, 6.45) is 0. The number of nitro groups is 2. The van der Waals surface area contributed by atoms with Crippen LogP contribution in [0.2, 0.25) is 0 Å². The number of nitrogens with zero attached hydrogens (tertiary/aromatic N) is 2. The van der Waals surface area contributed by atoms with Gasteiger partial charge in [0.05, 0.1) is 9.85 Å². The van der Waals surface area contributed by atoms with Gasteiger partial charge < -0.3 is 5.11 Å². The molecule has 14 heavy (non-hydrogen) atoms. The second-order valence-electron chi connectivity index (χ2n) is 2.16. The maximum absolute atomic E-state index is 10.3. The number of hydrogen-bond acceptors (Lipinski definition) is 5. The van der Waals surface area contributed by atoms with Crippen molar-refractivity contribution < 1.29 is 15.0 Å². The Kier molecular flexibility index (Phi) is 4.40. The summed E-state index contributed by atoms with van der Waals surface area (Å²) in [5.74, 6) is -0.709. The summed E-state index contributed by atoms with van der Waals surface area (Å²) in [7, 11) is 0. The number of phenolic OH excluding ortho intramolecular Hbond substituents is 1. The molecule has 0 saturated heterocycles. The standard InChI is InChI=1S/C6H4N2O5.Pb.2H/c9-5-3-1-2-4(7(10)11)6(5)8(12)13;;;/h1-3,9H;;;. The Labute approximate surface area is 97.8 Å². The van der Waals surface area contributed by atoms with E-state index in [0.717, 1.165) is 12.1 Å². The molecule has 1 rings (SSSR count). The van der Waals surface area contributed by atoms with Gasteiger partial charge in [-0.2, -0.15) is 0 Å². The molecule has 0 aliphatic carbocycles. The van der Waals surface area contributed by atoms with Crippen molar-refractivity contribution in [2.24, 2.45) is 0 Å². The predicted octanol–water partition coefficient (Wildman–Crippen LogP) is 0.292. The van der Waals surface area contributed by atoms with E-state index in [9.17, 15) is 20.2 Å². The molecule has 0 heterocycles. The molecule has 1 aromatic carbocycles. The van der Waals surface area contributed by atoms with E-state index >= 15 is 0 Å². The molecule has 0 amide bonds. The average molecular weight is 393 g/mol. The third kappa shape index (κ3) is 2.37. The zero-order valence-electron chi connectivity index (χ0n) is 6.91. The quantitative estimate of drug-likeness (QED) is 0.442. The van der Waals surface area contributed by atoms with Crippen molar-refractivity contribution in [3.05, 3.63) is 38.4 Å². The number of hydrogen-bond donors (Lipinski definition) is 1. The van der Waals surface area contributed by atoms with Crippen LogP contribution in [-0.2, 0) is 0 Å². The van der Waals surface area contributed by atoms with E-state index in [-0.39, 0.29) is 27.3 Å². The van der Waals surface area contributed by atoms with Crippen LogP contribution in [0.3, 0.4) is 0 Å². The molecule has 1 N–H and O–H groups in total. The molecule has 0 fully saturated rings. The van der Waals surface area contributed by atoms with Crippen molar-refractivity contribution in [3.8, 4) is 5.75 Å². The van der Waals surface area contributed by atoms with Crippen LogP contribution in [0.15, 0.2) is 18.2 Å². The number of phenols is 1. The van der Waals surface area contributed by atoms with Gasteiger partial charge in [-0.1, -0.05) is 6.07 Å². The zero-order chi connectivity index (χ0) is 10.0. The minimum absolute atomic E-state index is 0. The fourth-order valence-electron chi connectivity index (χ4n) is 0.854. The van der Waals surface area contributed by atoms with Crippen molar-refractivity contribution in [2.75, 3.05) is 0 Å². The molecule has 0 aliphatic rings. The average Bonchev–Trinajstić information content (AvgIpc) is 2.02. The summed E-state index contributed by atoms with van der Waals surface area (Å²) >= 11 is 0. The molecule has 0 aliphatic heterocycles. The first kappa shape index (κ1) is 12.7. The topological polar surface area (TPSA) is 107 Å². The Morgan fingerprint density at radius 1 is 1.14 bits per heavy atom. The summed E-state index contributed by atoms with van der Waals surface area (Å²) in [5.41, 5.74) is -1.60. The van der Waals surface area contributed by atoms with Gasteiger partial charge in [0.15, 0.2) is 0 Å². The molecule has 1 aromatic rings. The molecular formula is C6H6N2O5Pb. The van der Waals surface area contributed by atoms with Gasteiger partial charge in [0.2, 0.25) is 5.75 Å². The van der Waals surface area contributed by atoms with Crippen LogP contribution in [0.4, 0.5) is 11.4 Å². The number of benzene rings is 1. The normalized spacial score (nSPS) is 8.86. The number of para-hydroxylation sites is 1. The van der Waals surface area contributed by atoms with Crippen molar-refractivity contribution >= 4 is 38.7 Å². The summed E-state index contributed by atoms with van der Waals surface area (Å²) in [4.78, 5) is 18.6. The molecule has 7 nitrogen and oxygen atoms in total. The second kappa shape index (κ2) is 4.83. The minimum atomic E-state index is -0.993. The summed E-state index contributed by atoms with van der Waals surface area (Å²) in [5, 5.41) is 29.5. The van der Waals surface area contributed by atoms with E-state index in [1.165, 1.54) is 6.07 Å². The summed E-state index contributed by atoms with van der Waals surface area (Å²) in [6.45, 7) is 0. The van der Waals surface area contributed by atoms with Gasteiger partial charge in [0, 0.05) is 6.07 Å². The SMILES string of the molecule is O=[N+]([O-])c1cccc(O)c1[N+](=O)[O-].[PbH2]. The van der Waals surface area contributed by atoms with E-state index in [4.69, 9.17) is 5.11 Å². The maximum atomic E-state index is 10.3. The van der Waals surface area contributed by atoms with Crippen LogP contribution < -0.4 is 0 Å². The van der Waals surface area contributed by atoms with Gasteiger partial charge in [-0.25, -0.2) is 0 Å². The molecule has 2 radical (unpaired) electrons. The molecule has 74 valence electrons. The van der Waals surface area contributed by atoms with Crippen LogP contribution in [-0.4, -0.2) is 42.3 Å². The molecule has 8 heteroatoms. The summed E-state index contributed by atoms with van der Waals surface area (Å²) in [6, 6.07) is 3.14. The van der Waals surface area contributed by atoms with Crippen LogP contribution >= 0.6 is 0 Å². The van der Waals surface area contributed by atoms with Crippen LogP contribution in [0, 0.1) is 20.2 Å². The van der Waals surface area contributed by atoms with E-state index in [1.54, 1.807) is 0 Å². The van der Waals surface area contributed by atoms with E-state index in [1.807, 2.05) is 0 Å². The first-order valence-corrected chi connectivity index (χ1v) is 3.15. The van der Waals surface area contributed by atoms with Crippen molar-refractivity contribution in [1.29, 1.82) is 0 Å². The van der Waals surface area contributed by atoms with Gasteiger partial charge in [-0.05, 0) is 6.07 Å². The summed E-state index contributed by atoms with van der Waals surface area (Å²) < 4.78 is 0. The Bertz CT molecular complexity index is 380. The van der Waals surface area contributed by atoms with Crippen molar-refractivity contribution in [1.82, 2.24) is 0 Å². The van der Waals surface area contributed by atoms with E-state index in [0.29, 0.717) is 0 Å². The van der Waals surface area contributed by atoms with Gasteiger partial charge in [0.1, 0.15) is 0 Å². The second-order valence-corrected chi connectivity index (χ2v) is 2.16. The number of nitro benzene ring substituents is 2. The van der Waals surface area contributed by atoms with Crippen LogP contribution in [0.25, 0.3) is 0 Å². The molecule has 0 spiro atoms. The Morgan fingerprint density at radius 3 is 2.07 bits per heavy atom.